The van der Waals surface area contributed by atoms with Gasteiger partial charge in [0.25, 0.3) is 0 Å². The fourth-order valence-corrected chi connectivity index (χ4v) is 1.56. The average molecular weight is 274 g/mol. The van der Waals surface area contributed by atoms with Crippen LogP contribution < -0.4 is 10.6 Å². The number of urea groups is 1. The van der Waals surface area contributed by atoms with Crippen molar-refractivity contribution in [3.63, 3.8) is 0 Å². The van der Waals surface area contributed by atoms with Crippen LogP contribution in [0.25, 0.3) is 0 Å². The molecule has 0 aromatic rings. The van der Waals surface area contributed by atoms with Crippen molar-refractivity contribution in [1.29, 1.82) is 0 Å². The first-order chi connectivity index (χ1) is 8.82. The van der Waals surface area contributed by atoms with Gasteiger partial charge >= 0.3 is 18.0 Å². The zero-order valence-corrected chi connectivity index (χ0v) is 11.8. The summed E-state index contributed by atoms with van der Waals surface area (Å²) in [6.07, 6.45) is 0.500. The highest BCUT2D eigenvalue weighted by Gasteiger charge is 2.36. The Morgan fingerprint density at radius 2 is 1.74 bits per heavy atom. The van der Waals surface area contributed by atoms with E-state index in [1.807, 2.05) is 0 Å². The van der Waals surface area contributed by atoms with Gasteiger partial charge in [0, 0.05) is 0 Å². The average Bonchev–Trinajstić information content (AvgIpc) is 2.35. The highest BCUT2D eigenvalue weighted by Crippen LogP contribution is 2.15. The van der Waals surface area contributed by atoms with E-state index in [1.54, 1.807) is 20.8 Å². The lowest BCUT2D eigenvalue weighted by molar-refractivity contribution is -0.145. The van der Waals surface area contributed by atoms with Crippen molar-refractivity contribution in [2.45, 2.75) is 52.1 Å². The number of carboxylic acid groups (broad SMARTS) is 1. The van der Waals surface area contributed by atoms with Crippen molar-refractivity contribution >= 4 is 18.0 Å². The fraction of sp³-hybridized carbons (Fsp3) is 0.750. The maximum Gasteiger partial charge on any atom is 0.329 e. The normalized spacial score (nSPS) is 12.4. The largest absolute Gasteiger partial charge is 0.480 e. The second-order valence-corrected chi connectivity index (χ2v) is 4.17. The Kier molecular flexibility index (Phi) is 6.89. The van der Waals surface area contributed by atoms with E-state index in [0.29, 0.717) is 0 Å². The minimum absolute atomic E-state index is 0.218. The summed E-state index contributed by atoms with van der Waals surface area (Å²) in [7, 11) is 0. The first kappa shape index (κ1) is 17.2. The Balaban J connectivity index is 4.59. The molecule has 0 aromatic carbocycles. The summed E-state index contributed by atoms with van der Waals surface area (Å²) in [6.45, 7) is 6.70. The number of carboxylic acids is 1. The van der Waals surface area contributed by atoms with Crippen LogP contribution in [0.4, 0.5) is 4.79 Å². The van der Waals surface area contributed by atoms with E-state index >= 15 is 0 Å². The molecule has 1 atom stereocenters. The van der Waals surface area contributed by atoms with E-state index in [1.165, 1.54) is 6.92 Å². The van der Waals surface area contributed by atoms with E-state index in [9.17, 15) is 14.4 Å². The van der Waals surface area contributed by atoms with Crippen molar-refractivity contribution in [3.05, 3.63) is 0 Å². The van der Waals surface area contributed by atoms with Crippen LogP contribution in [0.15, 0.2) is 0 Å². The Hall–Kier alpha value is -1.79. The quantitative estimate of drug-likeness (QED) is 0.598. The molecule has 3 N–H and O–H groups in total. The number of rotatable bonds is 7. The van der Waals surface area contributed by atoms with Crippen molar-refractivity contribution in [2.24, 2.45) is 0 Å². The third kappa shape index (κ3) is 4.76. The van der Waals surface area contributed by atoms with Gasteiger partial charge in [0.15, 0.2) is 0 Å². The van der Waals surface area contributed by atoms with Gasteiger partial charge in [-0.05, 0) is 26.7 Å². The second kappa shape index (κ2) is 7.60. The molecule has 0 fully saturated rings. The first-order valence-corrected chi connectivity index (χ1v) is 6.31. The van der Waals surface area contributed by atoms with Crippen LogP contribution in [0.5, 0.6) is 0 Å². The molecule has 0 rings (SSSR count). The summed E-state index contributed by atoms with van der Waals surface area (Å²) in [5.41, 5.74) is -1.32. The summed E-state index contributed by atoms with van der Waals surface area (Å²) >= 11 is 0. The van der Waals surface area contributed by atoms with E-state index in [2.05, 4.69) is 10.6 Å². The van der Waals surface area contributed by atoms with Crippen LogP contribution in [-0.2, 0) is 14.3 Å². The topological polar surface area (TPSA) is 105 Å². The standard InChI is InChI=1S/C12H22N2O5/c1-5-12(6-2,10(16)17)14-11(18)13-8(4)9(15)19-7-3/h8H,5-7H2,1-4H3,(H,16,17)(H2,13,14,18). The maximum absolute atomic E-state index is 11.7. The molecule has 1 unspecified atom stereocenters. The van der Waals surface area contributed by atoms with Gasteiger partial charge in [-0.3, -0.25) is 0 Å². The molecule has 0 aliphatic carbocycles. The number of hydrogen-bond acceptors (Lipinski definition) is 4. The van der Waals surface area contributed by atoms with Crippen LogP contribution in [0.2, 0.25) is 0 Å². The molecule has 2 amide bonds. The maximum atomic E-state index is 11.7. The van der Waals surface area contributed by atoms with Gasteiger partial charge in [-0.1, -0.05) is 13.8 Å². The SMILES string of the molecule is CCOC(=O)C(C)NC(=O)NC(CC)(CC)C(=O)O. The fourth-order valence-electron chi connectivity index (χ4n) is 1.56. The third-order valence-corrected chi connectivity index (χ3v) is 2.96. The zero-order chi connectivity index (χ0) is 15.1. The predicted molar refractivity (Wildman–Crippen MR) is 68.7 cm³/mol. The van der Waals surface area contributed by atoms with E-state index < -0.39 is 29.6 Å². The molecule has 7 heteroatoms. The highest BCUT2D eigenvalue weighted by atomic mass is 16.5. The van der Waals surface area contributed by atoms with Gasteiger partial charge in [0.05, 0.1) is 6.61 Å². The number of carbonyl (C=O) groups excluding carboxylic acids is 2. The number of nitrogens with one attached hydrogen (secondary N) is 2. The molecule has 0 bridgehead atoms. The van der Waals surface area contributed by atoms with Crippen LogP contribution in [0.3, 0.4) is 0 Å². The molecule has 0 aliphatic heterocycles. The van der Waals surface area contributed by atoms with Crippen LogP contribution >= 0.6 is 0 Å². The highest BCUT2D eigenvalue weighted by molar-refractivity contribution is 5.88. The van der Waals surface area contributed by atoms with Gasteiger partial charge in [0.1, 0.15) is 11.6 Å². The second-order valence-electron chi connectivity index (χ2n) is 4.17. The Labute approximate surface area is 112 Å². The molecule has 0 aliphatic rings. The van der Waals surface area contributed by atoms with Gasteiger partial charge in [0.2, 0.25) is 0 Å². The van der Waals surface area contributed by atoms with E-state index in [4.69, 9.17) is 9.84 Å². The van der Waals surface area contributed by atoms with Crippen molar-refractivity contribution in [1.82, 2.24) is 10.6 Å². The number of carbonyl (C=O) groups is 3. The van der Waals surface area contributed by atoms with Crippen molar-refractivity contribution in [3.8, 4) is 0 Å². The first-order valence-electron chi connectivity index (χ1n) is 6.31. The molecule has 0 spiro atoms. The summed E-state index contributed by atoms with van der Waals surface area (Å²) in [5.74, 6) is -1.66. The molecule has 0 heterocycles. The summed E-state index contributed by atoms with van der Waals surface area (Å²) in [4.78, 5) is 34.2. The molecular formula is C12H22N2O5. The molecule has 19 heavy (non-hydrogen) atoms. The lowest BCUT2D eigenvalue weighted by Crippen LogP contribution is -2.58. The minimum Gasteiger partial charge on any atom is -0.480 e. The number of ether oxygens (including phenoxy) is 1. The molecule has 0 aromatic heterocycles. The number of aliphatic carboxylic acids is 1. The van der Waals surface area contributed by atoms with Gasteiger partial charge in [-0.2, -0.15) is 0 Å². The van der Waals surface area contributed by atoms with Crippen molar-refractivity contribution in [2.75, 3.05) is 6.61 Å². The van der Waals surface area contributed by atoms with E-state index in [0.717, 1.165) is 0 Å². The number of amides is 2. The Bertz CT molecular complexity index is 339. The molecule has 0 radical (unpaired) electrons. The lowest BCUT2D eigenvalue weighted by Gasteiger charge is -2.28. The molecule has 0 saturated heterocycles. The zero-order valence-electron chi connectivity index (χ0n) is 11.8. The van der Waals surface area contributed by atoms with Crippen molar-refractivity contribution < 1.29 is 24.2 Å². The predicted octanol–water partition coefficient (Wildman–Crippen LogP) is 0.881. The Morgan fingerprint density at radius 1 is 1.21 bits per heavy atom. The molecular weight excluding hydrogens is 252 g/mol. The molecule has 0 saturated carbocycles. The summed E-state index contributed by atoms with van der Waals surface area (Å²) in [6, 6.07) is -1.54. The smallest absolute Gasteiger partial charge is 0.329 e. The Morgan fingerprint density at radius 3 is 2.11 bits per heavy atom. The van der Waals surface area contributed by atoms with Gasteiger partial charge in [-0.15, -0.1) is 0 Å². The monoisotopic (exact) mass is 274 g/mol. The molecule has 7 nitrogen and oxygen atoms in total. The van der Waals surface area contributed by atoms with Gasteiger partial charge < -0.3 is 20.5 Å². The summed E-state index contributed by atoms with van der Waals surface area (Å²) < 4.78 is 4.74. The lowest BCUT2D eigenvalue weighted by atomic mass is 9.93. The molecule has 110 valence electrons. The van der Waals surface area contributed by atoms with Crippen LogP contribution in [0.1, 0.15) is 40.5 Å². The van der Waals surface area contributed by atoms with Crippen LogP contribution in [-0.4, -0.2) is 41.3 Å². The number of hydrogen-bond donors (Lipinski definition) is 3. The summed E-state index contributed by atoms with van der Waals surface area (Å²) in [5, 5.41) is 13.9. The minimum atomic E-state index is -1.32. The van der Waals surface area contributed by atoms with E-state index in [-0.39, 0.29) is 19.4 Å². The number of esters is 1. The van der Waals surface area contributed by atoms with Crippen LogP contribution in [0, 0.1) is 0 Å². The van der Waals surface area contributed by atoms with Gasteiger partial charge in [-0.25, -0.2) is 14.4 Å². The third-order valence-electron chi connectivity index (χ3n) is 2.96.